The molecule has 0 aromatic carbocycles. The fraction of sp³-hybridized carbons (Fsp3) is 0.643. The molecule has 4 heteroatoms. The van der Waals surface area contributed by atoms with Crippen molar-refractivity contribution in [1.82, 2.24) is 9.55 Å². The minimum atomic E-state index is -0.462. The number of Topliss-reactive ketones (excluding diaryl/α,β-unsaturated/α-hetero) is 2. The van der Waals surface area contributed by atoms with Crippen LogP contribution in [0.15, 0.2) is 12.4 Å². The maximum atomic E-state index is 12.3. The van der Waals surface area contributed by atoms with Gasteiger partial charge in [0.2, 0.25) is 5.78 Å². The van der Waals surface area contributed by atoms with Crippen LogP contribution in [0.4, 0.5) is 0 Å². The zero-order valence-electron chi connectivity index (χ0n) is 11.1. The van der Waals surface area contributed by atoms with E-state index in [-0.39, 0.29) is 11.6 Å². The number of hydrogen-bond acceptors (Lipinski definition) is 3. The lowest BCUT2D eigenvalue weighted by Crippen LogP contribution is -2.32. The van der Waals surface area contributed by atoms with Crippen LogP contribution in [-0.2, 0) is 11.8 Å². The lowest BCUT2D eigenvalue weighted by Gasteiger charge is -2.26. The quantitative estimate of drug-likeness (QED) is 0.607. The van der Waals surface area contributed by atoms with Crippen molar-refractivity contribution in [1.29, 1.82) is 0 Å². The van der Waals surface area contributed by atoms with Crippen LogP contribution in [0.2, 0.25) is 0 Å². The van der Waals surface area contributed by atoms with Gasteiger partial charge in [-0.2, -0.15) is 0 Å². The van der Waals surface area contributed by atoms with Crippen LogP contribution in [0.3, 0.4) is 0 Å². The van der Waals surface area contributed by atoms with Crippen molar-refractivity contribution >= 4 is 11.6 Å². The topological polar surface area (TPSA) is 52.0 Å². The van der Waals surface area contributed by atoms with Gasteiger partial charge < -0.3 is 4.57 Å². The molecule has 0 aliphatic heterocycles. The Bertz CT molecular complexity index is 450. The van der Waals surface area contributed by atoms with Gasteiger partial charge in [-0.25, -0.2) is 4.98 Å². The molecular formula is C14H20N2O2. The van der Waals surface area contributed by atoms with Crippen LogP contribution in [0, 0.1) is 11.8 Å². The molecule has 1 aromatic heterocycles. The van der Waals surface area contributed by atoms with E-state index in [4.69, 9.17) is 0 Å². The summed E-state index contributed by atoms with van der Waals surface area (Å²) in [6.45, 7) is 2.14. The fourth-order valence-electron chi connectivity index (χ4n) is 2.79. The van der Waals surface area contributed by atoms with E-state index in [0.717, 1.165) is 19.3 Å². The summed E-state index contributed by atoms with van der Waals surface area (Å²) in [7, 11) is 1.79. The Hall–Kier alpha value is -1.45. The molecule has 1 aliphatic rings. The van der Waals surface area contributed by atoms with Crippen molar-refractivity contribution in [2.45, 2.75) is 39.0 Å². The molecule has 2 unspecified atom stereocenters. The van der Waals surface area contributed by atoms with E-state index in [0.29, 0.717) is 24.6 Å². The number of imidazole rings is 1. The predicted molar refractivity (Wildman–Crippen MR) is 68.3 cm³/mol. The van der Waals surface area contributed by atoms with Gasteiger partial charge in [0, 0.05) is 25.9 Å². The molecule has 0 saturated heterocycles. The number of nitrogens with zero attached hydrogens (tertiary/aromatic N) is 2. The Kier molecular flexibility index (Phi) is 3.94. The Morgan fingerprint density at radius 1 is 1.56 bits per heavy atom. The minimum Gasteiger partial charge on any atom is -0.332 e. The summed E-state index contributed by atoms with van der Waals surface area (Å²) >= 11 is 0. The number of carbonyl (C=O) groups excluding carboxylic acids is 2. The smallest absolute Gasteiger partial charge is 0.208 e. The van der Waals surface area contributed by atoms with Crippen LogP contribution in [-0.4, -0.2) is 21.1 Å². The number of rotatable bonds is 4. The molecule has 1 aliphatic carbocycles. The predicted octanol–water partition coefficient (Wildman–Crippen LogP) is 2.39. The molecule has 1 saturated carbocycles. The van der Waals surface area contributed by atoms with Gasteiger partial charge in [0.15, 0.2) is 5.82 Å². The summed E-state index contributed by atoms with van der Waals surface area (Å²) in [4.78, 5) is 28.3. The Balaban J connectivity index is 2.13. The summed E-state index contributed by atoms with van der Waals surface area (Å²) in [5, 5.41) is 0. The second kappa shape index (κ2) is 5.46. The van der Waals surface area contributed by atoms with Crippen LogP contribution < -0.4 is 0 Å². The largest absolute Gasteiger partial charge is 0.332 e. The van der Waals surface area contributed by atoms with Gasteiger partial charge in [0.05, 0.1) is 5.92 Å². The van der Waals surface area contributed by atoms with Crippen molar-refractivity contribution < 1.29 is 9.59 Å². The third kappa shape index (κ3) is 2.52. The zero-order chi connectivity index (χ0) is 13.1. The third-order valence-corrected chi connectivity index (χ3v) is 3.81. The van der Waals surface area contributed by atoms with E-state index in [1.165, 1.54) is 0 Å². The van der Waals surface area contributed by atoms with Crippen LogP contribution >= 0.6 is 0 Å². The van der Waals surface area contributed by atoms with Gasteiger partial charge in [0.1, 0.15) is 5.78 Å². The first-order valence-corrected chi connectivity index (χ1v) is 6.67. The third-order valence-electron chi connectivity index (χ3n) is 3.81. The summed E-state index contributed by atoms with van der Waals surface area (Å²) in [6.07, 6.45) is 7.76. The van der Waals surface area contributed by atoms with Crippen molar-refractivity contribution in [3.05, 3.63) is 18.2 Å². The molecule has 0 spiro atoms. The van der Waals surface area contributed by atoms with Crippen molar-refractivity contribution in [2.24, 2.45) is 18.9 Å². The van der Waals surface area contributed by atoms with E-state index in [1.807, 2.05) is 0 Å². The Morgan fingerprint density at radius 2 is 2.33 bits per heavy atom. The number of carbonyl (C=O) groups is 2. The summed E-state index contributed by atoms with van der Waals surface area (Å²) in [6, 6.07) is 0. The first-order valence-electron chi connectivity index (χ1n) is 6.67. The summed E-state index contributed by atoms with van der Waals surface area (Å²) in [5.41, 5.74) is 0. The number of hydrogen-bond donors (Lipinski definition) is 0. The second-order valence-corrected chi connectivity index (χ2v) is 5.17. The minimum absolute atomic E-state index is 0.0929. The summed E-state index contributed by atoms with van der Waals surface area (Å²) in [5.74, 6) is 0.451. The van der Waals surface area contributed by atoms with Crippen LogP contribution in [0.25, 0.3) is 0 Å². The molecule has 98 valence electrons. The average molecular weight is 248 g/mol. The van der Waals surface area contributed by atoms with E-state index < -0.39 is 5.92 Å². The normalized spacial score (nSPS) is 24.2. The highest BCUT2D eigenvalue weighted by molar-refractivity contribution is 6.09. The van der Waals surface area contributed by atoms with Gasteiger partial charge in [-0.1, -0.05) is 19.8 Å². The number of ketones is 2. The van der Waals surface area contributed by atoms with Gasteiger partial charge in [-0.05, 0) is 18.8 Å². The van der Waals surface area contributed by atoms with Crippen LogP contribution in [0.1, 0.15) is 49.6 Å². The first-order chi connectivity index (χ1) is 8.63. The van der Waals surface area contributed by atoms with E-state index in [1.54, 1.807) is 24.0 Å². The molecule has 2 rings (SSSR count). The van der Waals surface area contributed by atoms with E-state index in [2.05, 4.69) is 11.9 Å². The average Bonchev–Trinajstić information content (AvgIpc) is 2.77. The van der Waals surface area contributed by atoms with E-state index in [9.17, 15) is 9.59 Å². The van der Waals surface area contributed by atoms with E-state index >= 15 is 0 Å². The second-order valence-electron chi connectivity index (χ2n) is 5.17. The molecule has 0 radical (unpaired) electrons. The fourth-order valence-corrected chi connectivity index (χ4v) is 2.79. The lowest BCUT2D eigenvalue weighted by atomic mass is 9.76. The highest BCUT2D eigenvalue weighted by Crippen LogP contribution is 2.31. The van der Waals surface area contributed by atoms with Crippen molar-refractivity contribution in [3.63, 3.8) is 0 Å². The maximum absolute atomic E-state index is 12.3. The molecule has 1 heterocycles. The molecule has 0 amide bonds. The van der Waals surface area contributed by atoms with Crippen LogP contribution in [0.5, 0.6) is 0 Å². The van der Waals surface area contributed by atoms with Gasteiger partial charge in [0.25, 0.3) is 0 Å². The molecule has 1 fully saturated rings. The summed E-state index contributed by atoms with van der Waals surface area (Å²) < 4.78 is 1.69. The highest BCUT2D eigenvalue weighted by atomic mass is 16.2. The standard InChI is InChI=1S/C14H20N2O2/c1-3-4-10-5-6-12(17)11(9-10)13(18)14-15-7-8-16(14)2/h7-8,10-11H,3-6,9H2,1-2H3. The maximum Gasteiger partial charge on any atom is 0.208 e. The lowest BCUT2D eigenvalue weighted by molar-refractivity contribution is -0.124. The first kappa shape index (κ1) is 13.0. The van der Waals surface area contributed by atoms with Crippen molar-refractivity contribution in [3.8, 4) is 0 Å². The van der Waals surface area contributed by atoms with Gasteiger partial charge in [-0.15, -0.1) is 0 Å². The van der Waals surface area contributed by atoms with Gasteiger partial charge >= 0.3 is 0 Å². The molecular weight excluding hydrogens is 228 g/mol. The Labute approximate surface area is 107 Å². The molecule has 0 bridgehead atoms. The number of aryl methyl sites for hydroxylation is 1. The number of aromatic nitrogens is 2. The molecule has 18 heavy (non-hydrogen) atoms. The van der Waals surface area contributed by atoms with Crippen molar-refractivity contribution in [2.75, 3.05) is 0 Å². The Morgan fingerprint density at radius 3 is 2.94 bits per heavy atom. The highest BCUT2D eigenvalue weighted by Gasteiger charge is 2.35. The SMILES string of the molecule is CCCC1CCC(=O)C(C(=O)c2nccn2C)C1. The monoisotopic (exact) mass is 248 g/mol. The zero-order valence-corrected chi connectivity index (χ0v) is 11.1. The molecule has 1 aromatic rings. The van der Waals surface area contributed by atoms with Gasteiger partial charge in [-0.3, -0.25) is 9.59 Å². The molecule has 2 atom stereocenters. The molecule has 4 nitrogen and oxygen atoms in total. The molecule has 0 N–H and O–H groups in total.